The number of sulfonamides is 1. The van der Waals surface area contributed by atoms with Crippen LogP contribution in [0.4, 0.5) is 0 Å². The minimum Gasteiger partial charge on any atom is -0.494 e. The van der Waals surface area contributed by atoms with Gasteiger partial charge in [0, 0.05) is 12.6 Å². The van der Waals surface area contributed by atoms with E-state index in [0.29, 0.717) is 5.56 Å². The predicted molar refractivity (Wildman–Crippen MR) is 67.3 cm³/mol. The number of fused-ring (bicyclic) bond motifs is 1. The van der Waals surface area contributed by atoms with Crippen molar-refractivity contribution in [3.8, 4) is 0 Å². The van der Waals surface area contributed by atoms with Crippen molar-refractivity contribution < 1.29 is 22.7 Å². The van der Waals surface area contributed by atoms with Gasteiger partial charge in [-0.3, -0.25) is 4.31 Å². The van der Waals surface area contributed by atoms with Crippen molar-refractivity contribution in [2.75, 3.05) is 21.3 Å². The van der Waals surface area contributed by atoms with E-state index in [1.54, 1.807) is 18.2 Å². The molecule has 0 aliphatic carbocycles. The van der Waals surface area contributed by atoms with Crippen LogP contribution < -0.4 is 0 Å². The molecule has 0 saturated heterocycles. The Hall–Kier alpha value is -2.02. The first-order chi connectivity index (χ1) is 8.95. The Morgan fingerprint density at radius 2 is 1.84 bits per heavy atom. The summed E-state index contributed by atoms with van der Waals surface area (Å²) in [6.07, 6.45) is 0. The minimum atomic E-state index is -3.77. The summed E-state index contributed by atoms with van der Waals surface area (Å²) in [5.41, 5.74) is 0.215. The monoisotopic (exact) mass is 283 g/mol. The van der Waals surface area contributed by atoms with Crippen molar-refractivity contribution >= 4 is 21.8 Å². The number of carbonyl (C=O) groups is 1. The smallest absolute Gasteiger partial charge is 0.359 e. The van der Waals surface area contributed by atoms with Crippen molar-refractivity contribution in [3.05, 3.63) is 35.5 Å². The molecule has 0 saturated carbocycles. The van der Waals surface area contributed by atoms with Crippen LogP contribution in [0.25, 0.3) is 5.76 Å². The Morgan fingerprint density at radius 3 is 2.42 bits per heavy atom. The van der Waals surface area contributed by atoms with Crippen LogP contribution in [0.3, 0.4) is 0 Å². The lowest BCUT2D eigenvalue weighted by Crippen LogP contribution is -2.35. The number of likely N-dealkylation sites (N-methyl/N-ethyl adjacent to an activating group) is 1. The number of methoxy groups -OCH3 is 2. The summed E-state index contributed by atoms with van der Waals surface area (Å²) in [7, 11) is 0.0748. The molecule has 102 valence electrons. The molecule has 7 heteroatoms. The van der Waals surface area contributed by atoms with Crippen LogP contribution in [0.2, 0.25) is 0 Å². The molecule has 0 unspecified atom stereocenters. The van der Waals surface area contributed by atoms with Gasteiger partial charge < -0.3 is 9.47 Å². The second kappa shape index (κ2) is 4.58. The van der Waals surface area contributed by atoms with E-state index < -0.39 is 16.0 Å². The van der Waals surface area contributed by atoms with E-state index in [-0.39, 0.29) is 16.4 Å². The molecule has 0 radical (unpaired) electrons. The van der Waals surface area contributed by atoms with Gasteiger partial charge in [-0.25, -0.2) is 13.2 Å². The lowest BCUT2D eigenvalue weighted by molar-refractivity contribution is -0.137. The second-order valence-corrected chi connectivity index (χ2v) is 5.78. The zero-order chi connectivity index (χ0) is 14.2. The topological polar surface area (TPSA) is 72.9 Å². The number of nitrogens with zero attached hydrogens (tertiary/aromatic N) is 1. The van der Waals surface area contributed by atoms with Crippen molar-refractivity contribution in [2.24, 2.45) is 0 Å². The maximum atomic E-state index is 12.3. The van der Waals surface area contributed by atoms with Crippen molar-refractivity contribution in [3.63, 3.8) is 0 Å². The molecule has 19 heavy (non-hydrogen) atoms. The highest BCUT2D eigenvalue weighted by Crippen LogP contribution is 2.36. The van der Waals surface area contributed by atoms with E-state index in [4.69, 9.17) is 4.74 Å². The molecular weight excluding hydrogens is 270 g/mol. The average Bonchev–Trinajstić information content (AvgIpc) is 2.42. The van der Waals surface area contributed by atoms with E-state index in [0.717, 1.165) is 4.31 Å². The zero-order valence-electron chi connectivity index (χ0n) is 10.7. The van der Waals surface area contributed by atoms with Gasteiger partial charge >= 0.3 is 5.97 Å². The van der Waals surface area contributed by atoms with Crippen molar-refractivity contribution in [1.82, 2.24) is 4.31 Å². The maximum absolute atomic E-state index is 12.3. The highest BCUT2D eigenvalue weighted by Gasteiger charge is 2.38. The molecule has 1 aliphatic rings. The molecule has 6 nitrogen and oxygen atoms in total. The molecule has 1 aliphatic heterocycles. The lowest BCUT2D eigenvalue weighted by atomic mass is 10.1. The van der Waals surface area contributed by atoms with Gasteiger partial charge in [-0.2, -0.15) is 0 Å². The first-order valence-electron chi connectivity index (χ1n) is 5.40. The molecule has 0 amide bonds. The summed E-state index contributed by atoms with van der Waals surface area (Å²) in [5, 5.41) is 0. The first-order valence-corrected chi connectivity index (χ1v) is 6.84. The molecule has 0 atom stereocenters. The summed E-state index contributed by atoms with van der Waals surface area (Å²) < 4.78 is 35.3. The Kier molecular flexibility index (Phi) is 3.23. The average molecular weight is 283 g/mol. The highest BCUT2D eigenvalue weighted by molar-refractivity contribution is 7.89. The summed E-state index contributed by atoms with van der Waals surface area (Å²) in [6, 6.07) is 6.34. The molecule has 0 spiro atoms. The first kappa shape index (κ1) is 13.4. The predicted octanol–water partition coefficient (Wildman–Crippen LogP) is 0.809. The molecule has 0 bridgehead atoms. The Bertz CT molecular complexity index is 662. The van der Waals surface area contributed by atoms with Crippen LogP contribution in [0, 0.1) is 0 Å². The molecule has 1 heterocycles. The van der Waals surface area contributed by atoms with Crippen molar-refractivity contribution in [1.29, 1.82) is 0 Å². The maximum Gasteiger partial charge on any atom is 0.359 e. The van der Waals surface area contributed by atoms with Gasteiger partial charge in [0.2, 0.25) is 0 Å². The second-order valence-electron chi connectivity index (χ2n) is 3.84. The third-order valence-electron chi connectivity index (χ3n) is 2.88. The quantitative estimate of drug-likeness (QED) is 0.751. The molecule has 0 N–H and O–H groups in total. The van der Waals surface area contributed by atoms with Crippen LogP contribution >= 0.6 is 0 Å². The van der Waals surface area contributed by atoms with Gasteiger partial charge in [0.05, 0.1) is 19.1 Å². The van der Waals surface area contributed by atoms with E-state index in [1.165, 1.54) is 27.3 Å². The van der Waals surface area contributed by atoms with Crippen LogP contribution in [-0.2, 0) is 24.3 Å². The number of hydrogen-bond donors (Lipinski definition) is 0. The molecule has 0 fully saturated rings. The third kappa shape index (κ3) is 1.86. The van der Waals surface area contributed by atoms with E-state index in [2.05, 4.69) is 4.74 Å². The molecule has 1 aromatic carbocycles. The Morgan fingerprint density at radius 1 is 1.21 bits per heavy atom. The minimum absolute atomic E-state index is 0.0991. The number of ether oxygens (including phenoxy) is 2. The van der Waals surface area contributed by atoms with E-state index in [9.17, 15) is 13.2 Å². The van der Waals surface area contributed by atoms with E-state index in [1.807, 2.05) is 0 Å². The van der Waals surface area contributed by atoms with Gasteiger partial charge in [0.25, 0.3) is 10.0 Å². The largest absolute Gasteiger partial charge is 0.494 e. The molecule has 1 aromatic rings. The fourth-order valence-corrected chi connectivity index (χ4v) is 3.32. The number of benzene rings is 1. The van der Waals surface area contributed by atoms with Gasteiger partial charge in [0.15, 0.2) is 11.5 Å². The van der Waals surface area contributed by atoms with Gasteiger partial charge in [0.1, 0.15) is 0 Å². The van der Waals surface area contributed by atoms with Gasteiger partial charge in [-0.05, 0) is 12.1 Å². The summed E-state index contributed by atoms with van der Waals surface area (Å²) in [6.45, 7) is 0. The fraction of sp³-hybridized carbons (Fsp3) is 0.250. The van der Waals surface area contributed by atoms with Crippen LogP contribution in [0.1, 0.15) is 5.56 Å². The SMILES string of the molecule is COC(=O)C1=C(OC)c2ccccc2S(=O)(=O)N1C. The van der Waals surface area contributed by atoms with Crippen molar-refractivity contribution in [2.45, 2.75) is 4.90 Å². The summed E-state index contributed by atoms with van der Waals surface area (Å²) in [4.78, 5) is 11.9. The summed E-state index contributed by atoms with van der Waals surface area (Å²) in [5.74, 6) is -0.586. The third-order valence-corrected chi connectivity index (χ3v) is 4.70. The number of rotatable bonds is 2. The molecule has 0 aromatic heterocycles. The lowest BCUT2D eigenvalue weighted by Gasteiger charge is -2.29. The fourth-order valence-electron chi connectivity index (χ4n) is 1.94. The van der Waals surface area contributed by atoms with Gasteiger partial charge in [-0.1, -0.05) is 12.1 Å². The summed E-state index contributed by atoms with van der Waals surface area (Å²) >= 11 is 0. The Labute approximate surface area is 111 Å². The Balaban J connectivity index is 2.84. The zero-order valence-corrected chi connectivity index (χ0v) is 11.5. The van der Waals surface area contributed by atoms with Crippen LogP contribution in [0.5, 0.6) is 0 Å². The molecular formula is C12H13NO5S. The number of hydrogen-bond acceptors (Lipinski definition) is 5. The normalized spacial score (nSPS) is 16.9. The number of carbonyl (C=O) groups excluding carboxylic acids is 1. The standard InChI is InChI=1S/C12H13NO5S/c1-13-10(12(14)18-3)11(17-2)8-6-4-5-7-9(8)19(13,15)16/h4-7H,1-3H3. The van der Waals surface area contributed by atoms with Crippen LogP contribution in [-0.4, -0.2) is 40.0 Å². The number of esters is 1. The molecule has 2 rings (SSSR count). The van der Waals surface area contributed by atoms with E-state index >= 15 is 0 Å². The highest BCUT2D eigenvalue weighted by atomic mass is 32.2. The van der Waals surface area contributed by atoms with Crippen LogP contribution in [0.15, 0.2) is 34.9 Å². The van der Waals surface area contributed by atoms with Gasteiger partial charge in [-0.15, -0.1) is 0 Å².